The molecule has 1 aliphatic heterocycles. The number of hydrogen-bond donors (Lipinski definition) is 1. The molecule has 0 aliphatic carbocycles. The van der Waals surface area contributed by atoms with Crippen molar-refractivity contribution in [3.8, 4) is 0 Å². The van der Waals surface area contributed by atoms with Gasteiger partial charge in [0, 0.05) is 18.0 Å². The number of nitrogens with zero attached hydrogens (tertiary/aromatic N) is 2. The van der Waals surface area contributed by atoms with Crippen LogP contribution in [0, 0.1) is 25.7 Å². The van der Waals surface area contributed by atoms with Crippen molar-refractivity contribution < 1.29 is 0 Å². The van der Waals surface area contributed by atoms with Crippen LogP contribution in [0.2, 0.25) is 0 Å². The Morgan fingerprint density at radius 1 is 1.47 bits per heavy atom. The highest BCUT2D eigenvalue weighted by Gasteiger charge is 2.25. The molecule has 1 saturated heterocycles. The van der Waals surface area contributed by atoms with Gasteiger partial charge in [-0.2, -0.15) is 0 Å². The number of aromatic nitrogens is 1. The molecule has 3 nitrogen and oxygen atoms in total. The minimum Gasteiger partial charge on any atom is -0.330 e. The Kier molecular flexibility index (Phi) is 4.17. The third kappa shape index (κ3) is 3.06. The fourth-order valence-corrected chi connectivity index (χ4v) is 3.58. The molecule has 0 saturated carbocycles. The van der Waals surface area contributed by atoms with Gasteiger partial charge in [-0.3, -0.25) is 4.90 Å². The normalized spacial score (nSPS) is 26.4. The van der Waals surface area contributed by atoms with Crippen LogP contribution in [0.3, 0.4) is 0 Å². The number of piperidine rings is 1. The first-order valence-electron chi connectivity index (χ1n) is 6.45. The first-order valence-corrected chi connectivity index (χ1v) is 7.27. The van der Waals surface area contributed by atoms with Crippen LogP contribution in [0.1, 0.15) is 28.9 Å². The van der Waals surface area contributed by atoms with E-state index in [0.717, 1.165) is 25.6 Å². The monoisotopic (exact) mass is 253 g/mol. The SMILES string of the molecule is Cc1nc(C)c(CN2CCC(C)C(CN)C2)s1. The summed E-state index contributed by atoms with van der Waals surface area (Å²) in [6.45, 7) is 10.8. The summed E-state index contributed by atoms with van der Waals surface area (Å²) in [5, 5.41) is 1.18. The van der Waals surface area contributed by atoms with Gasteiger partial charge in [-0.15, -0.1) is 11.3 Å². The lowest BCUT2D eigenvalue weighted by atomic mass is 9.87. The van der Waals surface area contributed by atoms with Crippen LogP contribution in [0.4, 0.5) is 0 Å². The van der Waals surface area contributed by atoms with E-state index in [1.807, 2.05) is 11.3 Å². The number of aryl methyl sites for hydroxylation is 2. The Morgan fingerprint density at radius 3 is 2.82 bits per heavy atom. The van der Waals surface area contributed by atoms with Gasteiger partial charge in [0.2, 0.25) is 0 Å². The Morgan fingerprint density at radius 2 is 2.24 bits per heavy atom. The number of nitrogens with two attached hydrogens (primary N) is 1. The van der Waals surface area contributed by atoms with Crippen molar-refractivity contribution in [3.63, 3.8) is 0 Å². The number of rotatable bonds is 3. The molecule has 0 radical (unpaired) electrons. The van der Waals surface area contributed by atoms with E-state index in [1.165, 1.54) is 28.5 Å². The zero-order valence-electron chi connectivity index (χ0n) is 11.1. The van der Waals surface area contributed by atoms with E-state index in [-0.39, 0.29) is 0 Å². The molecule has 96 valence electrons. The van der Waals surface area contributed by atoms with Crippen LogP contribution in [-0.2, 0) is 6.54 Å². The lowest BCUT2D eigenvalue weighted by Gasteiger charge is -2.36. The number of hydrogen-bond acceptors (Lipinski definition) is 4. The molecule has 0 amide bonds. The maximum atomic E-state index is 5.85. The maximum absolute atomic E-state index is 5.85. The van der Waals surface area contributed by atoms with Crippen LogP contribution in [0.25, 0.3) is 0 Å². The highest BCUT2D eigenvalue weighted by Crippen LogP contribution is 2.26. The first-order chi connectivity index (χ1) is 8.10. The predicted molar refractivity (Wildman–Crippen MR) is 73.2 cm³/mol. The van der Waals surface area contributed by atoms with E-state index in [1.54, 1.807) is 0 Å². The summed E-state index contributed by atoms with van der Waals surface area (Å²) in [5.41, 5.74) is 7.05. The van der Waals surface area contributed by atoms with Crippen molar-refractivity contribution in [3.05, 3.63) is 15.6 Å². The van der Waals surface area contributed by atoms with Crippen molar-refractivity contribution in [2.75, 3.05) is 19.6 Å². The molecule has 1 fully saturated rings. The second-order valence-electron chi connectivity index (χ2n) is 5.24. The van der Waals surface area contributed by atoms with Gasteiger partial charge in [-0.25, -0.2) is 4.98 Å². The first kappa shape index (κ1) is 13.0. The third-order valence-corrected chi connectivity index (χ3v) is 4.93. The fraction of sp³-hybridized carbons (Fsp3) is 0.769. The Bertz CT molecular complexity index is 375. The van der Waals surface area contributed by atoms with Gasteiger partial charge in [-0.05, 0) is 45.2 Å². The topological polar surface area (TPSA) is 42.2 Å². The molecular formula is C13H23N3S. The third-order valence-electron chi connectivity index (χ3n) is 3.87. The van der Waals surface area contributed by atoms with Crippen LogP contribution in [0.15, 0.2) is 0 Å². The highest BCUT2D eigenvalue weighted by molar-refractivity contribution is 7.11. The lowest BCUT2D eigenvalue weighted by Crippen LogP contribution is -2.42. The second kappa shape index (κ2) is 5.46. The Labute approximate surface area is 108 Å². The molecule has 2 N–H and O–H groups in total. The number of thiazole rings is 1. The van der Waals surface area contributed by atoms with Gasteiger partial charge in [0.05, 0.1) is 10.7 Å². The van der Waals surface area contributed by atoms with Crippen molar-refractivity contribution in [1.29, 1.82) is 0 Å². The largest absolute Gasteiger partial charge is 0.330 e. The van der Waals surface area contributed by atoms with E-state index < -0.39 is 0 Å². The fourth-order valence-electron chi connectivity index (χ4n) is 2.60. The summed E-state index contributed by atoms with van der Waals surface area (Å²) < 4.78 is 0. The zero-order chi connectivity index (χ0) is 12.4. The molecule has 0 spiro atoms. The lowest BCUT2D eigenvalue weighted by molar-refractivity contribution is 0.127. The van der Waals surface area contributed by atoms with Gasteiger partial charge in [0.25, 0.3) is 0 Å². The molecule has 2 atom stereocenters. The smallest absolute Gasteiger partial charge is 0.0900 e. The summed E-state index contributed by atoms with van der Waals surface area (Å²) in [6, 6.07) is 0. The van der Waals surface area contributed by atoms with Crippen molar-refractivity contribution in [2.45, 2.75) is 33.7 Å². The van der Waals surface area contributed by atoms with E-state index >= 15 is 0 Å². The Balaban J connectivity index is 1.98. The van der Waals surface area contributed by atoms with Crippen LogP contribution in [-0.4, -0.2) is 29.5 Å². The molecule has 17 heavy (non-hydrogen) atoms. The molecule has 2 unspecified atom stereocenters. The molecule has 4 heteroatoms. The van der Waals surface area contributed by atoms with Gasteiger partial charge >= 0.3 is 0 Å². The minimum absolute atomic E-state index is 0.665. The Hall–Kier alpha value is -0.450. The summed E-state index contributed by atoms with van der Waals surface area (Å²) in [7, 11) is 0. The van der Waals surface area contributed by atoms with Gasteiger partial charge in [0.1, 0.15) is 0 Å². The summed E-state index contributed by atoms with van der Waals surface area (Å²) >= 11 is 1.83. The van der Waals surface area contributed by atoms with Gasteiger partial charge in [-0.1, -0.05) is 6.92 Å². The van der Waals surface area contributed by atoms with Crippen molar-refractivity contribution >= 4 is 11.3 Å². The second-order valence-corrected chi connectivity index (χ2v) is 6.53. The summed E-state index contributed by atoms with van der Waals surface area (Å²) in [4.78, 5) is 8.46. The van der Waals surface area contributed by atoms with Crippen LogP contribution < -0.4 is 5.73 Å². The molecule has 1 aromatic rings. The quantitative estimate of drug-likeness (QED) is 0.898. The average Bonchev–Trinajstić information content (AvgIpc) is 2.60. The van der Waals surface area contributed by atoms with E-state index in [9.17, 15) is 0 Å². The van der Waals surface area contributed by atoms with Crippen LogP contribution in [0.5, 0.6) is 0 Å². The zero-order valence-corrected chi connectivity index (χ0v) is 11.9. The average molecular weight is 253 g/mol. The molecule has 0 aromatic carbocycles. The van der Waals surface area contributed by atoms with Crippen molar-refractivity contribution in [2.24, 2.45) is 17.6 Å². The predicted octanol–water partition coefficient (Wildman–Crippen LogP) is 2.18. The number of likely N-dealkylation sites (tertiary alicyclic amines) is 1. The molecule has 0 bridgehead atoms. The van der Waals surface area contributed by atoms with Crippen LogP contribution >= 0.6 is 11.3 Å². The summed E-state index contributed by atoms with van der Waals surface area (Å²) in [5.74, 6) is 1.44. The van der Waals surface area contributed by atoms with Crippen molar-refractivity contribution in [1.82, 2.24) is 9.88 Å². The maximum Gasteiger partial charge on any atom is 0.0900 e. The van der Waals surface area contributed by atoms with Gasteiger partial charge in [0.15, 0.2) is 0 Å². The van der Waals surface area contributed by atoms with E-state index in [2.05, 4.69) is 30.7 Å². The molecule has 2 rings (SSSR count). The minimum atomic E-state index is 0.665. The molecule has 1 aromatic heterocycles. The van der Waals surface area contributed by atoms with E-state index in [0.29, 0.717) is 5.92 Å². The summed E-state index contributed by atoms with van der Waals surface area (Å²) in [6.07, 6.45) is 1.28. The highest BCUT2D eigenvalue weighted by atomic mass is 32.1. The molecule has 2 heterocycles. The van der Waals surface area contributed by atoms with E-state index in [4.69, 9.17) is 5.73 Å². The molecular weight excluding hydrogens is 230 g/mol. The standard InChI is InChI=1S/C13H23N3S/c1-9-4-5-16(7-12(9)6-14)8-13-10(2)15-11(3)17-13/h9,12H,4-8,14H2,1-3H3. The molecule has 1 aliphatic rings. The van der Waals surface area contributed by atoms with Gasteiger partial charge < -0.3 is 5.73 Å².